The van der Waals surface area contributed by atoms with Crippen molar-refractivity contribution in [1.82, 2.24) is 9.78 Å². The van der Waals surface area contributed by atoms with E-state index in [4.69, 9.17) is 5.73 Å². The predicted octanol–water partition coefficient (Wildman–Crippen LogP) is 2.92. The van der Waals surface area contributed by atoms with E-state index >= 15 is 0 Å². The molecule has 102 valence electrons. The van der Waals surface area contributed by atoms with Crippen molar-refractivity contribution in [3.63, 3.8) is 0 Å². The van der Waals surface area contributed by atoms with Crippen LogP contribution in [0.3, 0.4) is 0 Å². The zero-order valence-electron chi connectivity index (χ0n) is 11.4. The molecule has 4 unspecified atom stereocenters. The van der Waals surface area contributed by atoms with Gasteiger partial charge >= 0.3 is 0 Å². The number of hydrogen-bond acceptors (Lipinski definition) is 4. The smallest absolute Gasteiger partial charge is 0.0537 e. The first kappa shape index (κ1) is 14.3. The SMILES string of the molecule is CCCn1cc(C(N)C2CSC(C)C(C)S2)cn1. The number of rotatable bonds is 4. The number of aryl methyl sites for hydroxylation is 1. The van der Waals surface area contributed by atoms with Crippen LogP contribution in [0.5, 0.6) is 0 Å². The van der Waals surface area contributed by atoms with Gasteiger partial charge in [-0.3, -0.25) is 4.68 Å². The molecule has 1 aliphatic heterocycles. The minimum absolute atomic E-state index is 0.114. The van der Waals surface area contributed by atoms with Gasteiger partial charge < -0.3 is 5.73 Å². The van der Waals surface area contributed by atoms with Crippen molar-refractivity contribution in [3.05, 3.63) is 18.0 Å². The van der Waals surface area contributed by atoms with Gasteiger partial charge in [-0.05, 0) is 6.42 Å². The topological polar surface area (TPSA) is 43.8 Å². The molecule has 5 heteroatoms. The van der Waals surface area contributed by atoms with Crippen LogP contribution < -0.4 is 5.73 Å². The molecule has 0 radical (unpaired) electrons. The average molecular weight is 285 g/mol. The van der Waals surface area contributed by atoms with Gasteiger partial charge in [-0.2, -0.15) is 28.6 Å². The Kier molecular flexibility index (Phi) is 5.04. The second-order valence-corrected chi connectivity index (χ2v) is 8.01. The zero-order chi connectivity index (χ0) is 13.1. The van der Waals surface area contributed by atoms with E-state index in [2.05, 4.69) is 32.1 Å². The Morgan fingerprint density at radius 1 is 1.50 bits per heavy atom. The molecule has 18 heavy (non-hydrogen) atoms. The summed E-state index contributed by atoms with van der Waals surface area (Å²) < 4.78 is 2.00. The first-order chi connectivity index (χ1) is 8.61. The van der Waals surface area contributed by atoms with Gasteiger partial charge in [0.25, 0.3) is 0 Å². The van der Waals surface area contributed by atoms with Gasteiger partial charge in [-0.1, -0.05) is 20.8 Å². The molecule has 2 heterocycles. The van der Waals surface area contributed by atoms with Crippen LogP contribution in [0.2, 0.25) is 0 Å². The maximum absolute atomic E-state index is 6.40. The van der Waals surface area contributed by atoms with E-state index in [0.717, 1.165) is 24.0 Å². The molecular formula is C13H23N3S2. The van der Waals surface area contributed by atoms with Crippen LogP contribution in [0.1, 0.15) is 38.8 Å². The summed E-state index contributed by atoms with van der Waals surface area (Å²) in [5, 5.41) is 6.31. The summed E-state index contributed by atoms with van der Waals surface area (Å²) >= 11 is 4.08. The summed E-state index contributed by atoms with van der Waals surface area (Å²) in [4.78, 5) is 0. The fourth-order valence-corrected chi connectivity index (χ4v) is 5.16. The summed E-state index contributed by atoms with van der Waals surface area (Å²) in [6, 6.07) is 0.114. The molecular weight excluding hydrogens is 262 g/mol. The molecule has 0 bridgehead atoms. The molecule has 1 aliphatic rings. The maximum atomic E-state index is 6.40. The minimum atomic E-state index is 0.114. The van der Waals surface area contributed by atoms with Crippen LogP contribution in [0.15, 0.2) is 12.4 Å². The Hall–Kier alpha value is -0.130. The fourth-order valence-electron chi connectivity index (χ4n) is 2.11. The highest BCUT2D eigenvalue weighted by Crippen LogP contribution is 2.40. The Balaban J connectivity index is 1.99. The first-order valence-electron chi connectivity index (χ1n) is 6.66. The predicted molar refractivity (Wildman–Crippen MR) is 82.2 cm³/mol. The third-order valence-corrected chi connectivity index (χ3v) is 6.98. The number of nitrogens with two attached hydrogens (primary N) is 1. The Morgan fingerprint density at radius 2 is 2.28 bits per heavy atom. The van der Waals surface area contributed by atoms with Crippen LogP contribution in [0.4, 0.5) is 0 Å². The molecule has 1 aromatic rings. The lowest BCUT2D eigenvalue weighted by atomic mass is 10.1. The largest absolute Gasteiger partial charge is 0.323 e. The molecule has 0 aromatic carbocycles. The van der Waals surface area contributed by atoms with E-state index < -0.39 is 0 Å². The molecule has 2 rings (SSSR count). The van der Waals surface area contributed by atoms with Crippen LogP contribution in [0, 0.1) is 0 Å². The summed E-state index contributed by atoms with van der Waals surface area (Å²) in [7, 11) is 0. The zero-order valence-corrected chi connectivity index (χ0v) is 13.0. The molecule has 0 aliphatic carbocycles. The van der Waals surface area contributed by atoms with Crippen molar-refractivity contribution < 1.29 is 0 Å². The molecule has 0 saturated carbocycles. The van der Waals surface area contributed by atoms with Crippen molar-refractivity contribution in [3.8, 4) is 0 Å². The molecule has 1 saturated heterocycles. The normalized spacial score (nSPS) is 30.3. The molecule has 1 fully saturated rings. The lowest BCUT2D eigenvalue weighted by Crippen LogP contribution is -2.33. The van der Waals surface area contributed by atoms with Gasteiger partial charge in [0.1, 0.15) is 0 Å². The molecule has 3 nitrogen and oxygen atoms in total. The van der Waals surface area contributed by atoms with E-state index in [1.807, 2.05) is 34.4 Å². The fraction of sp³-hybridized carbons (Fsp3) is 0.769. The van der Waals surface area contributed by atoms with Crippen molar-refractivity contribution in [2.24, 2.45) is 5.73 Å². The van der Waals surface area contributed by atoms with Crippen LogP contribution >= 0.6 is 23.5 Å². The van der Waals surface area contributed by atoms with E-state index in [1.54, 1.807) is 0 Å². The standard InChI is InChI=1S/C13H23N3S2/c1-4-5-16-7-11(6-15-16)13(14)12-8-17-9(2)10(3)18-12/h6-7,9-10,12-13H,4-5,8,14H2,1-3H3. The first-order valence-corrected chi connectivity index (χ1v) is 8.66. The Morgan fingerprint density at radius 3 is 2.94 bits per heavy atom. The third-order valence-electron chi connectivity index (χ3n) is 3.47. The summed E-state index contributed by atoms with van der Waals surface area (Å²) in [6.45, 7) is 7.76. The second-order valence-electron chi connectivity index (χ2n) is 4.98. The lowest BCUT2D eigenvalue weighted by Gasteiger charge is -2.34. The maximum Gasteiger partial charge on any atom is 0.0537 e. The van der Waals surface area contributed by atoms with Gasteiger partial charge in [-0.15, -0.1) is 0 Å². The Labute approximate surface area is 118 Å². The summed E-state index contributed by atoms with van der Waals surface area (Å²) in [5.41, 5.74) is 7.58. The van der Waals surface area contributed by atoms with Gasteiger partial charge in [-0.25, -0.2) is 0 Å². The number of aromatic nitrogens is 2. The highest BCUT2D eigenvalue weighted by molar-refractivity contribution is 8.07. The molecule has 0 amide bonds. The van der Waals surface area contributed by atoms with E-state index in [1.165, 1.54) is 5.56 Å². The van der Waals surface area contributed by atoms with E-state index in [9.17, 15) is 0 Å². The van der Waals surface area contributed by atoms with Crippen LogP contribution in [-0.4, -0.2) is 31.3 Å². The van der Waals surface area contributed by atoms with Gasteiger partial charge in [0, 0.05) is 45.8 Å². The highest BCUT2D eigenvalue weighted by atomic mass is 32.2. The quantitative estimate of drug-likeness (QED) is 0.924. The number of nitrogens with zero attached hydrogens (tertiary/aromatic N) is 2. The molecule has 2 N–H and O–H groups in total. The van der Waals surface area contributed by atoms with Crippen molar-refractivity contribution in [1.29, 1.82) is 0 Å². The van der Waals surface area contributed by atoms with Crippen molar-refractivity contribution in [2.75, 3.05) is 5.75 Å². The van der Waals surface area contributed by atoms with Gasteiger partial charge in [0.15, 0.2) is 0 Å². The highest BCUT2D eigenvalue weighted by Gasteiger charge is 2.30. The van der Waals surface area contributed by atoms with E-state index in [-0.39, 0.29) is 6.04 Å². The third kappa shape index (κ3) is 3.25. The van der Waals surface area contributed by atoms with Gasteiger partial charge in [0.05, 0.1) is 6.20 Å². The second kappa shape index (κ2) is 6.35. The minimum Gasteiger partial charge on any atom is -0.323 e. The lowest BCUT2D eigenvalue weighted by molar-refractivity contribution is 0.600. The molecule has 1 aromatic heterocycles. The Bertz CT molecular complexity index is 380. The van der Waals surface area contributed by atoms with E-state index in [0.29, 0.717) is 10.5 Å². The molecule has 0 spiro atoms. The van der Waals surface area contributed by atoms with Crippen LogP contribution in [-0.2, 0) is 6.54 Å². The molecule has 4 atom stereocenters. The summed E-state index contributed by atoms with van der Waals surface area (Å²) in [6.07, 6.45) is 5.16. The van der Waals surface area contributed by atoms with Crippen molar-refractivity contribution in [2.45, 2.75) is 55.5 Å². The van der Waals surface area contributed by atoms with Gasteiger partial charge in [0.2, 0.25) is 0 Å². The number of hydrogen-bond donors (Lipinski definition) is 1. The van der Waals surface area contributed by atoms with Crippen molar-refractivity contribution >= 4 is 23.5 Å². The monoisotopic (exact) mass is 285 g/mol. The summed E-state index contributed by atoms with van der Waals surface area (Å²) in [5.74, 6) is 1.15. The number of thioether (sulfide) groups is 2. The average Bonchev–Trinajstić information content (AvgIpc) is 2.81. The van der Waals surface area contributed by atoms with Crippen LogP contribution in [0.25, 0.3) is 0 Å².